The third-order valence-corrected chi connectivity index (χ3v) is 5.47. The number of benzene rings is 1. The zero-order valence-electron chi connectivity index (χ0n) is 14.7. The lowest BCUT2D eigenvalue weighted by atomic mass is 9.90. The molecule has 2 heterocycles. The Morgan fingerprint density at radius 1 is 1.27 bits per heavy atom. The predicted molar refractivity (Wildman–Crippen MR) is 97.7 cm³/mol. The summed E-state index contributed by atoms with van der Waals surface area (Å²) in [5, 5.41) is 12.9. The molecule has 0 saturated heterocycles. The van der Waals surface area contributed by atoms with Gasteiger partial charge in [0.15, 0.2) is 16.3 Å². The van der Waals surface area contributed by atoms with Crippen LogP contribution in [0.2, 0.25) is 0 Å². The highest BCUT2D eigenvalue weighted by Crippen LogP contribution is 2.41. The number of aromatic nitrogens is 2. The lowest BCUT2D eigenvalue weighted by Gasteiger charge is -2.26. The molecule has 1 fully saturated rings. The van der Waals surface area contributed by atoms with Crippen molar-refractivity contribution in [2.24, 2.45) is 0 Å². The first-order valence-corrected chi connectivity index (χ1v) is 9.11. The van der Waals surface area contributed by atoms with E-state index in [1.54, 1.807) is 18.8 Å². The van der Waals surface area contributed by atoms with E-state index < -0.39 is 0 Å². The van der Waals surface area contributed by atoms with Crippen LogP contribution in [0.3, 0.4) is 0 Å². The zero-order chi connectivity index (χ0) is 18.4. The van der Waals surface area contributed by atoms with Crippen LogP contribution in [0.25, 0.3) is 0 Å². The second kappa shape index (κ2) is 6.44. The van der Waals surface area contributed by atoms with Crippen molar-refractivity contribution >= 4 is 12.2 Å². The van der Waals surface area contributed by atoms with E-state index >= 15 is 0 Å². The van der Waals surface area contributed by atoms with E-state index in [1.165, 1.54) is 0 Å². The first-order chi connectivity index (χ1) is 12.5. The summed E-state index contributed by atoms with van der Waals surface area (Å²) in [6.07, 6.45) is 2.78. The van der Waals surface area contributed by atoms with Crippen molar-refractivity contribution in [3.05, 3.63) is 43.9 Å². The molecule has 26 heavy (non-hydrogen) atoms. The van der Waals surface area contributed by atoms with Gasteiger partial charge in [-0.3, -0.25) is 14.3 Å². The number of ether oxygens (including phenoxy) is 2. The van der Waals surface area contributed by atoms with Gasteiger partial charge >= 0.3 is 0 Å². The molecule has 1 aromatic heterocycles. The molecule has 7 nitrogen and oxygen atoms in total. The van der Waals surface area contributed by atoms with Crippen LogP contribution in [0.15, 0.2) is 16.9 Å². The lowest BCUT2D eigenvalue weighted by molar-refractivity contribution is -0.690. The highest BCUT2D eigenvalue weighted by molar-refractivity contribution is 7.71. The minimum atomic E-state index is -0.340. The molecule has 1 atom stereocenters. The van der Waals surface area contributed by atoms with Gasteiger partial charge in [0.05, 0.1) is 20.8 Å². The topological polar surface area (TPSA) is 93.1 Å². The predicted octanol–water partition coefficient (Wildman–Crippen LogP) is 1.17. The standard InChI is InChI=1S/C18H21N3O4S/c1-24-12-7-9-5-6-19-15(11(9)8-13(12)25-2)14-16(22)20-18(26)21(17(14)23)10-3-4-10/h7-8,10,15,19,23H,3-6H2,1-2H3,(H,20,22,26)/p+1/t15-/m1/s1. The second-order valence-corrected chi connectivity index (χ2v) is 7.14. The molecule has 0 amide bonds. The third-order valence-electron chi connectivity index (χ3n) is 5.17. The van der Waals surface area contributed by atoms with Gasteiger partial charge in [-0.15, -0.1) is 0 Å². The van der Waals surface area contributed by atoms with Crippen LogP contribution in [-0.4, -0.2) is 35.4 Å². The molecule has 1 aliphatic carbocycles. The smallest absolute Gasteiger partial charge is 0.265 e. The SMILES string of the molecule is COc1cc2c(cc1OC)[C@H](c1c(O)n(C3CC3)c(=S)[nH]c1=O)[NH2+]CC2. The number of nitrogens with one attached hydrogen (secondary N) is 1. The lowest BCUT2D eigenvalue weighted by Crippen LogP contribution is -2.87. The summed E-state index contributed by atoms with van der Waals surface area (Å²) in [5.74, 6) is 1.25. The van der Waals surface area contributed by atoms with Gasteiger partial charge < -0.3 is 19.9 Å². The maximum atomic E-state index is 12.7. The Kier molecular flexibility index (Phi) is 4.24. The number of rotatable bonds is 4. The number of quaternary nitrogens is 1. The van der Waals surface area contributed by atoms with Gasteiger partial charge in [0.25, 0.3) is 5.56 Å². The van der Waals surface area contributed by atoms with Gasteiger partial charge in [-0.2, -0.15) is 0 Å². The fourth-order valence-corrected chi connectivity index (χ4v) is 4.08. The number of hydrogen-bond acceptors (Lipinski definition) is 5. The van der Waals surface area contributed by atoms with Crippen LogP contribution in [0, 0.1) is 4.77 Å². The number of aromatic hydroxyl groups is 1. The van der Waals surface area contributed by atoms with E-state index in [0.29, 0.717) is 17.1 Å². The molecule has 2 aliphatic rings. The molecule has 0 unspecified atom stereocenters. The number of fused-ring (bicyclic) bond motifs is 1. The second-order valence-electron chi connectivity index (χ2n) is 6.76. The fourth-order valence-electron chi connectivity index (χ4n) is 3.75. The first-order valence-electron chi connectivity index (χ1n) is 8.71. The van der Waals surface area contributed by atoms with Gasteiger partial charge in [-0.1, -0.05) is 0 Å². The Balaban J connectivity index is 1.90. The monoisotopic (exact) mass is 376 g/mol. The van der Waals surface area contributed by atoms with E-state index in [9.17, 15) is 9.90 Å². The number of H-pyrrole nitrogens is 1. The zero-order valence-corrected chi connectivity index (χ0v) is 15.6. The Bertz CT molecular complexity index is 978. The average Bonchev–Trinajstić information content (AvgIpc) is 3.45. The summed E-state index contributed by atoms with van der Waals surface area (Å²) in [5.41, 5.74) is 2.05. The van der Waals surface area contributed by atoms with Crippen molar-refractivity contribution < 1.29 is 19.9 Å². The minimum absolute atomic E-state index is 0.0230. The molecule has 8 heteroatoms. The maximum Gasteiger partial charge on any atom is 0.265 e. The summed E-state index contributed by atoms with van der Waals surface area (Å²) >= 11 is 5.26. The Labute approximate surface area is 155 Å². The van der Waals surface area contributed by atoms with Crippen LogP contribution in [0.5, 0.6) is 17.4 Å². The van der Waals surface area contributed by atoms with E-state index in [0.717, 1.165) is 36.9 Å². The number of aromatic amines is 1. The first kappa shape index (κ1) is 17.1. The van der Waals surface area contributed by atoms with Crippen LogP contribution in [-0.2, 0) is 6.42 Å². The Hall–Kier alpha value is -2.32. The van der Waals surface area contributed by atoms with Crippen molar-refractivity contribution in [1.82, 2.24) is 9.55 Å². The molecule has 4 N–H and O–H groups in total. The summed E-state index contributed by atoms with van der Waals surface area (Å²) in [6, 6.07) is 3.71. The largest absolute Gasteiger partial charge is 0.494 e. The Morgan fingerprint density at radius 3 is 2.62 bits per heavy atom. The van der Waals surface area contributed by atoms with Crippen LogP contribution in [0.1, 0.15) is 41.6 Å². The van der Waals surface area contributed by atoms with Crippen molar-refractivity contribution in [1.29, 1.82) is 0 Å². The maximum absolute atomic E-state index is 12.7. The molecular formula is C18H22N3O4S+. The van der Waals surface area contributed by atoms with Crippen molar-refractivity contribution in [3.63, 3.8) is 0 Å². The van der Waals surface area contributed by atoms with Crippen LogP contribution < -0.4 is 20.3 Å². The summed E-state index contributed by atoms with van der Waals surface area (Å²) in [7, 11) is 3.19. The van der Waals surface area contributed by atoms with E-state index in [-0.39, 0.29) is 28.3 Å². The number of nitrogens with two attached hydrogens (primary N) is 1. The number of methoxy groups -OCH3 is 2. The van der Waals surface area contributed by atoms with Crippen molar-refractivity contribution in [2.75, 3.05) is 20.8 Å². The van der Waals surface area contributed by atoms with E-state index in [2.05, 4.69) is 10.3 Å². The number of hydrogen-bond donors (Lipinski definition) is 3. The molecule has 4 rings (SSSR count). The van der Waals surface area contributed by atoms with Gasteiger partial charge in [-0.05, 0) is 42.8 Å². The third kappa shape index (κ3) is 2.69. The molecule has 0 bridgehead atoms. The van der Waals surface area contributed by atoms with Crippen molar-refractivity contribution in [3.8, 4) is 17.4 Å². The number of nitrogens with zero attached hydrogens (tertiary/aromatic N) is 1. The van der Waals surface area contributed by atoms with Gasteiger partial charge in [0.1, 0.15) is 11.6 Å². The van der Waals surface area contributed by atoms with Gasteiger partial charge in [-0.25, -0.2) is 0 Å². The summed E-state index contributed by atoms with van der Waals surface area (Å²) < 4.78 is 12.8. The molecule has 0 spiro atoms. The molecule has 2 aromatic rings. The van der Waals surface area contributed by atoms with Crippen LogP contribution >= 0.6 is 12.2 Å². The van der Waals surface area contributed by atoms with Crippen LogP contribution in [0.4, 0.5) is 0 Å². The quantitative estimate of drug-likeness (QED) is 0.697. The minimum Gasteiger partial charge on any atom is -0.494 e. The highest BCUT2D eigenvalue weighted by Gasteiger charge is 2.35. The van der Waals surface area contributed by atoms with Gasteiger partial charge in [0, 0.05) is 18.0 Å². The Morgan fingerprint density at radius 2 is 1.96 bits per heavy atom. The molecule has 1 saturated carbocycles. The van der Waals surface area contributed by atoms with E-state index in [4.69, 9.17) is 21.7 Å². The fraction of sp³-hybridized carbons (Fsp3) is 0.444. The highest BCUT2D eigenvalue weighted by atomic mass is 32.1. The van der Waals surface area contributed by atoms with Crippen molar-refractivity contribution in [2.45, 2.75) is 31.3 Å². The van der Waals surface area contributed by atoms with E-state index in [1.807, 2.05) is 12.1 Å². The molecule has 0 radical (unpaired) electrons. The normalized spacial score (nSPS) is 19.1. The van der Waals surface area contributed by atoms with Gasteiger partial charge in [0.2, 0.25) is 5.88 Å². The molecule has 1 aromatic carbocycles. The molecule has 138 valence electrons. The summed E-state index contributed by atoms with van der Waals surface area (Å²) in [4.78, 5) is 15.4. The average molecular weight is 376 g/mol. The molecular weight excluding hydrogens is 354 g/mol. The molecule has 1 aliphatic heterocycles. The summed E-state index contributed by atoms with van der Waals surface area (Å²) in [6.45, 7) is 0.811.